The molecule has 5 heteroatoms. The molecule has 3 rings (SSSR count). The molecular formula is C17H23N3O2. The summed E-state index contributed by atoms with van der Waals surface area (Å²) < 4.78 is 0. The summed E-state index contributed by atoms with van der Waals surface area (Å²) in [6, 6.07) is 6.07. The smallest absolute Gasteiger partial charge is 0.312 e. The lowest BCUT2D eigenvalue weighted by Gasteiger charge is -2.32. The summed E-state index contributed by atoms with van der Waals surface area (Å²) in [5.41, 5.74) is 9.10. The Hall–Kier alpha value is -2.04. The van der Waals surface area contributed by atoms with E-state index in [1.807, 2.05) is 4.90 Å². The molecule has 1 aliphatic carbocycles. The molecule has 0 aromatic heterocycles. The minimum Gasteiger partial charge on any atom is -0.352 e. The minimum atomic E-state index is -0.483. The third-order valence-electron chi connectivity index (χ3n) is 4.71. The van der Waals surface area contributed by atoms with E-state index in [1.54, 1.807) is 0 Å². The third-order valence-corrected chi connectivity index (χ3v) is 4.71. The Labute approximate surface area is 130 Å². The molecule has 0 bridgehead atoms. The van der Waals surface area contributed by atoms with Gasteiger partial charge in [0.2, 0.25) is 5.91 Å². The Bertz CT molecular complexity index is 577. The quantitative estimate of drug-likeness (QED) is 0.885. The Morgan fingerprint density at radius 1 is 1.18 bits per heavy atom. The Morgan fingerprint density at radius 2 is 1.91 bits per heavy atom. The van der Waals surface area contributed by atoms with Crippen LogP contribution in [0.1, 0.15) is 36.0 Å². The van der Waals surface area contributed by atoms with Crippen LogP contribution in [0, 0.1) is 0 Å². The molecule has 0 saturated carbocycles. The standard InChI is InChI=1S/C17H23N3O2/c18-17(22)19-15-6-8-20(9-7-15)16(21)11-12-4-5-13-2-1-3-14(13)10-12/h4-5,10,15H,1-3,6-9,11H2,(H3,18,19,22). The van der Waals surface area contributed by atoms with Crippen LogP contribution in [0.2, 0.25) is 0 Å². The first-order valence-electron chi connectivity index (χ1n) is 8.06. The first-order chi connectivity index (χ1) is 10.6. The summed E-state index contributed by atoms with van der Waals surface area (Å²) in [4.78, 5) is 25.2. The summed E-state index contributed by atoms with van der Waals surface area (Å²) in [6.45, 7) is 1.38. The van der Waals surface area contributed by atoms with Crippen molar-refractivity contribution in [2.24, 2.45) is 5.73 Å². The average molecular weight is 301 g/mol. The van der Waals surface area contributed by atoms with Gasteiger partial charge in [0.05, 0.1) is 6.42 Å². The third kappa shape index (κ3) is 3.40. The fourth-order valence-corrected chi connectivity index (χ4v) is 3.50. The van der Waals surface area contributed by atoms with Crippen molar-refractivity contribution in [1.82, 2.24) is 10.2 Å². The molecular weight excluding hydrogens is 278 g/mol. The van der Waals surface area contributed by atoms with Crippen LogP contribution >= 0.6 is 0 Å². The van der Waals surface area contributed by atoms with Gasteiger partial charge in [-0.15, -0.1) is 0 Å². The van der Waals surface area contributed by atoms with Gasteiger partial charge in [0.15, 0.2) is 0 Å². The maximum absolute atomic E-state index is 12.4. The first kappa shape index (κ1) is 14.9. The van der Waals surface area contributed by atoms with E-state index < -0.39 is 6.03 Å². The van der Waals surface area contributed by atoms with Gasteiger partial charge >= 0.3 is 6.03 Å². The number of nitrogens with one attached hydrogen (secondary N) is 1. The van der Waals surface area contributed by atoms with Crippen molar-refractivity contribution >= 4 is 11.9 Å². The maximum atomic E-state index is 12.4. The highest BCUT2D eigenvalue weighted by molar-refractivity contribution is 5.79. The number of nitrogens with zero attached hydrogens (tertiary/aromatic N) is 1. The molecule has 0 atom stereocenters. The largest absolute Gasteiger partial charge is 0.352 e. The number of aryl methyl sites for hydroxylation is 2. The second kappa shape index (κ2) is 6.38. The molecule has 1 aromatic carbocycles. The van der Waals surface area contributed by atoms with Gasteiger partial charge in [-0.2, -0.15) is 0 Å². The molecule has 1 aromatic rings. The average Bonchev–Trinajstić information content (AvgIpc) is 2.95. The zero-order chi connectivity index (χ0) is 15.5. The molecule has 1 aliphatic heterocycles. The number of piperidine rings is 1. The maximum Gasteiger partial charge on any atom is 0.312 e. The van der Waals surface area contributed by atoms with Gasteiger partial charge in [0, 0.05) is 19.1 Å². The predicted octanol–water partition coefficient (Wildman–Crippen LogP) is 1.38. The van der Waals surface area contributed by atoms with Crippen LogP contribution in [-0.2, 0) is 24.1 Å². The van der Waals surface area contributed by atoms with E-state index in [0.717, 1.165) is 24.8 Å². The van der Waals surface area contributed by atoms with Gasteiger partial charge in [-0.25, -0.2) is 4.79 Å². The molecule has 1 heterocycles. The number of likely N-dealkylation sites (tertiary alicyclic amines) is 1. The van der Waals surface area contributed by atoms with E-state index in [9.17, 15) is 9.59 Å². The second-order valence-electron chi connectivity index (χ2n) is 6.30. The van der Waals surface area contributed by atoms with Crippen LogP contribution in [0.25, 0.3) is 0 Å². The number of nitrogens with two attached hydrogens (primary N) is 1. The number of carbonyl (C=O) groups excluding carboxylic acids is 2. The molecule has 118 valence electrons. The number of primary amides is 1. The van der Waals surface area contributed by atoms with Crippen molar-refractivity contribution in [3.05, 3.63) is 34.9 Å². The van der Waals surface area contributed by atoms with E-state index in [0.29, 0.717) is 19.5 Å². The van der Waals surface area contributed by atoms with Crippen molar-refractivity contribution in [3.8, 4) is 0 Å². The molecule has 3 N–H and O–H groups in total. The molecule has 0 unspecified atom stereocenters. The number of benzene rings is 1. The number of rotatable bonds is 3. The fraction of sp³-hybridized carbons (Fsp3) is 0.529. The highest BCUT2D eigenvalue weighted by Gasteiger charge is 2.23. The van der Waals surface area contributed by atoms with Crippen LogP contribution in [0.4, 0.5) is 4.79 Å². The van der Waals surface area contributed by atoms with E-state index >= 15 is 0 Å². The van der Waals surface area contributed by atoms with Crippen LogP contribution in [-0.4, -0.2) is 36.0 Å². The number of hydrogen-bond donors (Lipinski definition) is 2. The monoisotopic (exact) mass is 301 g/mol. The zero-order valence-corrected chi connectivity index (χ0v) is 12.8. The minimum absolute atomic E-state index is 0.0987. The lowest BCUT2D eigenvalue weighted by Crippen LogP contribution is -2.48. The van der Waals surface area contributed by atoms with Gasteiger partial charge in [-0.1, -0.05) is 18.2 Å². The van der Waals surface area contributed by atoms with Crippen LogP contribution in [0.5, 0.6) is 0 Å². The van der Waals surface area contributed by atoms with Gasteiger partial charge < -0.3 is 16.0 Å². The van der Waals surface area contributed by atoms with Gasteiger partial charge in [-0.3, -0.25) is 4.79 Å². The number of fused-ring (bicyclic) bond motifs is 1. The fourth-order valence-electron chi connectivity index (χ4n) is 3.50. The highest BCUT2D eigenvalue weighted by atomic mass is 16.2. The highest BCUT2D eigenvalue weighted by Crippen LogP contribution is 2.23. The first-order valence-corrected chi connectivity index (χ1v) is 8.06. The molecule has 0 radical (unpaired) electrons. The zero-order valence-electron chi connectivity index (χ0n) is 12.8. The number of amides is 3. The van der Waals surface area contributed by atoms with E-state index in [2.05, 4.69) is 23.5 Å². The van der Waals surface area contributed by atoms with E-state index in [1.165, 1.54) is 24.0 Å². The lowest BCUT2D eigenvalue weighted by atomic mass is 10.0. The molecule has 2 aliphatic rings. The predicted molar refractivity (Wildman–Crippen MR) is 84.5 cm³/mol. The molecule has 1 fully saturated rings. The normalized spacial score (nSPS) is 18.1. The SMILES string of the molecule is NC(=O)NC1CCN(C(=O)Cc2ccc3c(c2)CCC3)CC1. The van der Waals surface area contributed by atoms with Gasteiger partial charge in [-0.05, 0) is 48.8 Å². The van der Waals surface area contributed by atoms with Gasteiger partial charge in [0.1, 0.15) is 0 Å². The van der Waals surface area contributed by atoms with Gasteiger partial charge in [0.25, 0.3) is 0 Å². The van der Waals surface area contributed by atoms with Crippen LogP contribution in [0.3, 0.4) is 0 Å². The van der Waals surface area contributed by atoms with Crippen LogP contribution in [0.15, 0.2) is 18.2 Å². The Balaban J connectivity index is 1.53. The Kier molecular flexibility index (Phi) is 4.32. The van der Waals surface area contributed by atoms with Crippen molar-refractivity contribution in [2.75, 3.05) is 13.1 Å². The summed E-state index contributed by atoms with van der Waals surface area (Å²) >= 11 is 0. The topological polar surface area (TPSA) is 75.4 Å². The van der Waals surface area contributed by atoms with E-state index in [-0.39, 0.29) is 11.9 Å². The van der Waals surface area contributed by atoms with E-state index in [4.69, 9.17) is 5.73 Å². The molecule has 22 heavy (non-hydrogen) atoms. The van der Waals surface area contributed by atoms with Crippen molar-refractivity contribution in [1.29, 1.82) is 0 Å². The lowest BCUT2D eigenvalue weighted by molar-refractivity contribution is -0.131. The molecule has 5 nitrogen and oxygen atoms in total. The summed E-state index contributed by atoms with van der Waals surface area (Å²) in [5, 5.41) is 2.72. The molecule has 1 saturated heterocycles. The number of urea groups is 1. The second-order valence-corrected chi connectivity index (χ2v) is 6.30. The number of carbonyl (C=O) groups is 2. The van der Waals surface area contributed by atoms with Crippen molar-refractivity contribution < 1.29 is 9.59 Å². The van der Waals surface area contributed by atoms with Crippen molar-refractivity contribution in [2.45, 2.75) is 44.6 Å². The summed E-state index contributed by atoms with van der Waals surface area (Å²) in [6.07, 6.45) is 5.57. The summed E-state index contributed by atoms with van der Waals surface area (Å²) in [7, 11) is 0. The molecule has 0 spiro atoms. The summed E-state index contributed by atoms with van der Waals surface area (Å²) in [5.74, 6) is 0.176. The van der Waals surface area contributed by atoms with Crippen LogP contribution < -0.4 is 11.1 Å². The molecule has 3 amide bonds. The number of hydrogen-bond acceptors (Lipinski definition) is 2. The van der Waals surface area contributed by atoms with Crippen molar-refractivity contribution in [3.63, 3.8) is 0 Å². The Morgan fingerprint density at radius 3 is 2.64 bits per heavy atom.